The number of urea groups is 1. The molecule has 0 aliphatic heterocycles. The fourth-order valence-corrected chi connectivity index (χ4v) is 4.27. The number of aromatic nitrogens is 4. The smallest absolute Gasteiger partial charge is 0.318 e. The topological polar surface area (TPSA) is 111 Å². The second-order valence-electron chi connectivity index (χ2n) is 7.71. The maximum absolute atomic E-state index is 12.0. The van der Waals surface area contributed by atoms with Gasteiger partial charge in [-0.1, -0.05) is 12.1 Å². The summed E-state index contributed by atoms with van der Waals surface area (Å²) in [6.07, 6.45) is 4.91. The van der Waals surface area contributed by atoms with E-state index in [9.17, 15) is 9.59 Å². The number of nitrogens with one attached hydrogen (secondary N) is 2. The van der Waals surface area contributed by atoms with Crippen LogP contribution in [0.5, 0.6) is 0 Å². The first-order chi connectivity index (χ1) is 15.5. The van der Waals surface area contributed by atoms with Crippen LogP contribution in [0.15, 0.2) is 30.5 Å². The summed E-state index contributed by atoms with van der Waals surface area (Å²) in [5.41, 5.74) is 2.86. The summed E-state index contributed by atoms with van der Waals surface area (Å²) in [7, 11) is 1.56. The molecular weight excluding hydrogens is 432 g/mol. The fraction of sp³-hybridized carbons (Fsp3) is 0.409. The number of carbonyl (C=O) groups is 2. The Morgan fingerprint density at radius 3 is 2.53 bits per heavy atom. The minimum absolute atomic E-state index is 0.0521. The van der Waals surface area contributed by atoms with Gasteiger partial charge in [-0.25, -0.2) is 14.5 Å². The normalized spacial score (nSPS) is 18.3. The number of amides is 2. The first-order valence-electron chi connectivity index (χ1n) is 10.7. The number of ether oxygens (including phenoxy) is 1. The molecule has 1 saturated carbocycles. The van der Waals surface area contributed by atoms with Crippen molar-refractivity contribution in [2.75, 3.05) is 19.0 Å². The van der Waals surface area contributed by atoms with Crippen molar-refractivity contribution in [2.24, 2.45) is 5.92 Å². The van der Waals surface area contributed by atoms with Crippen LogP contribution < -0.4 is 10.6 Å². The number of benzene rings is 1. The standard InChI is InChI=1S/C22H25ClN6O3/c1-3-32-20(30)14-6-10-16(11-7-14)29-19-17(12-25-29)18(27-21(23)28-19)13-4-8-15(9-5-13)26-22(31)24-2/h4-5,8-9,12,14,16H,3,6-7,10-11H2,1-2H3,(H2,24,26,31). The molecule has 2 N–H and O–H groups in total. The molecule has 0 spiro atoms. The molecule has 32 heavy (non-hydrogen) atoms. The van der Waals surface area contributed by atoms with E-state index >= 15 is 0 Å². The van der Waals surface area contributed by atoms with Crippen LogP contribution in [-0.4, -0.2) is 45.4 Å². The molecule has 1 aliphatic rings. The molecule has 1 fully saturated rings. The Kier molecular flexibility index (Phi) is 6.55. The van der Waals surface area contributed by atoms with E-state index in [1.54, 1.807) is 25.4 Å². The Labute approximate surface area is 190 Å². The van der Waals surface area contributed by atoms with E-state index in [-0.39, 0.29) is 29.2 Å². The number of halogens is 1. The number of hydrogen-bond donors (Lipinski definition) is 2. The maximum atomic E-state index is 12.0. The zero-order valence-electron chi connectivity index (χ0n) is 18.0. The number of nitrogens with zero attached hydrogens (tertiary/aromatic N) is 4. The molecule has 2 heterocycles. The Bertz CT molecular complexity index is 1120. The van der Waals surface area contributed by atoms with Crippen LogP contribution in [0.4, 0.5) is 10.5 Å². The van der Waals surface area contributed by atoms with E-state index in [0.717, 1.165) is 36.6 Å². The predicted octanol–water partition coefficient (Wildman–Crippen LogP) is 4.19. The summed E-state index contributed by atoms with van der Waals surface area (Å²) in [6.45, 7) is 2.23. The molecule has 0 saturated heterocycles. The van der Waals surface area contributed by atoms with Gasteiger partial charge in [-0.2, -0.15) is 10.1 Å². The lowest BCUT2D eigenvalue weighted by molar-refractivity contribution is -0.149. The third kappa shape index (κ3) is 4.52. The van der Waals surface area contributed by atoms with Crippen molar-refractivity contribution < 1.29 is 14.3 Å². The van der Waals surface area contributed by atoms with Crippen LogP contribution >= 0.6 is 11.6 Å². The van der Waals surface area contributed by atoms with Gasteiger partial charge in [-0.15, -0.1) is 0 Å². The minimum atomic E-state index is -0.288. The molecule has 9 nitrogen and oxygen atoms in total. The maximum Gasteiger partial charge on any atom is 0.318 e. The lowest BCUT2D eigenvalue weighted by Crippen LogP contribution is -2.25. The molecule has 0 radical (unpaired) electrons. The minimum Gasteiger partial charge on any atom is -0.466 e. The number of carbonyl (C=O) groups excluding carboxylic acids is 2. The van der Waals surface area contributed by atoms with E-state index in [1.807, 2.05) is 23.7 Å². The van der Waals surface area contributed by atoms with E-state index in [4.69, 9.17) is 16.3 Å². The summed E-state index contributed by atoms with van der Waals surface area (Å²) in [5, 5.41) is 10.8. The van der Waals surface area contributed by atoms with E-state index < -0.39 is 0 Å². The summed E-state index contributed by atoms with van der Waals surface area (Å²) in [6, 6.07) is 7.18. The molecule has 1 aromatic carbocycles. The quantitative estimate of drug-likeness (QED) is 0.439. The molecule has 2 aromatic heterocycles. The Balaban J connectivity index is 1.58. The summed E-state index contributed by atoms with van der Waals surface area (Å²) in [5.74, 6) is -0.165. The van der Waals surface area contributed by atoms with Gasteiger partial charge in [0.05, 0.1) is 35.8 Å². The third-order valence-corrected chi connectivity index (χ3v) is 5.90. The van der Waals surface area contributed by atoms with Crippen LogP contribution in [0.1, 0.15) is 38.6 Å². The van der Waals surface area contributed by atoms with Crippen molar-refractivity contribution in [3.63, 3.8) is 0 Å². The van der Waals surface area contributed by atoms with Gasteiger partial charge in [0.15, 0.2) is 5.65 Å². The first kappa shape index (κ1) is 22.0. The van der Waals surface area contributed by atoms with Crippen LogP contribution in [0.25, 0.3) is 22.3 Å². The summed E-state index contributed by atoms with van der Waals surface area (Å²) >= 11 is 6.27. The van der Waals surface area contributed by atoms with Gasteiger partial charge in [0.2, 0.25) is 5.28 Å². The predicted molar refractivity (Wildman–Crippen MR) is 121 cm³/mol. The van der Waals surface area contributed by atoms with E-state index in [0.29, 0.717) is 23.6 Å². The van der Waals surface area contributed by atoms with Crippen molar-refractivity contribution in [2.45, 2.75) is 38.6 Å². The monoisotopic (exact) mass is 456 g/mol. The zero-order valence-corrected chi connectivity index (χ0v) is 18.7. The van der Waals surface area contributed by atoms with Crippen molar-refractivity contribution in [3.05, 3.63) is 35.7 Å². The number of hydrogen-bond acceptors (Lipinski definition) is 6. The van der Waals surface area contributed by atoms with Crippen LogP contribution in [-0.2, 0) is 9.53 Å². The highest BCUT2D eigenvalue weighted by Gasteiger charge is 2.29. The van der Waals surface area contributed by atoms with Crippen molar-refractivity contribution in [3.8, 4) is 11.3 Å². The molecule has 1 aliphatic carbocycles. The van der Waals surface area contributed by atoms with Crippen LogP contribution in [0.2, 0.25) is 5.28 Å². The molecule has 168 valence electrons. The van der Waals surface area contributed by atoms with Crippen molar-refractivity contribution >= 4 is 40.3 Å². The Morgan fingerprint density at radius 1 is 1.16 bits per heavy atom. The van der Waals surface area contributed by atoms with Gasteiger partial charge in [-0.05, 0) is 56.3 Å². The van der Waals surface area contributed by atoms with Crippen LogP contribution in [0, 0.1) is 5.92 Å². The van der Waals surface area contributed by atoms with Gasteiger partial charge in [-0.3, -0.25) is 4.79 Å². The lowest BCUT2D eigenvalue weighted by Gasteiger charge is -2.27. The lowest BCUT2D eigenvalue weighted by atomic mass is 9.86. The SMILES string of the molecule is CCOC(=O)C1CCC(n2ncc3c(-c4ccc(NC(=O)NC)cc4)nc(Cl)nc32)CC1. The fourth-order valence-electron chi connectivity index (χ4n) is 4.11. The molecule has 4 rings (SSSR count). The summed E-state index contributed by atoms with van der Waals surface area (Å²) < 4.78 is 7.07. The second-order valence-corrected chi connectivity index (χ2v) is 8.04. The molecule has 10 heteroatoms. The number of rotatable bonds is 5. The second kappa shape index (κ2) is 9.52. The largest absolute Gasteiger partial charge is 0.466 e. The highest BCUT2D eigenvalue weighted by Crippen LogP contribution is 2.36. The molecule has 3 aromatic rings. The number of fused-ring (bicyclic) bond motifs is 1. The number of esters is 1. The van der Waals surface area contributed by atoms with E-state index in [1.165, 1.54) is 0 Å². The molecule has 0 atom stereocenters. The Morgan fingerprint density at radius 2 is 1.88 bits per heavy atom. The molecule has 0 bridgehead atoms. The average Bonchev–Trinajstić information content (AvgIpc) is 3.23. The number of anilines is 1. The van der Waals surface area contributed by atoms with Gasteiger partial charge >= 0.3 is 12.0 Å². The van der Waals surface area contributed by atoms with Crippen molar-refractivity contribution in [1.82, 2.24) is 25.1 Å². The summed E-state index contributed by atoms with van der Waals surface area (Å²) in [4.78, 5) is 32.4. The van der Waals surface area contributed by atoms with E-state index in [2.05, 4.69) is 25.7 Å². The van der Waals surface area contributed by atoms with Gasteiger partial charge in [0.25, 0.3) is 0 Å². The molecule has 0 unspecified atom stereocenters. The highest BCUT2D eigenvalue weighted by molar-refractivity contribution is 6.28. The van der Waals surface area contributed by atoms with Crippen molar-refractivity contribution in [1.29, 1.82) is 0 Å². The van der Waals surface area contributed by atoms with Gasteiger partial charge in [0, 0.05) is 18.3 Å². The Hall–Kier alpha value is -3.20. The third-order valence-electron chi connectivity index (χ3n) is 5.73. The van der Waals surface area contributed by atoms with Crippen LogP contribution in [0.3, 0.4) is 0 Å². The van der Waals surface area contributed by atoms with Gasteiger partial charge < -0.3 is 15.4 Å². The average molecular weight is 457 g/mol. The first-order valence-corrected chi connectivity index (χ1v) is 11.0. The highest BCUT2D eigenvalue weighted by atomic mass is 35.5. The molecular formula is C22H25ClN6O3. The zero-order chi connectivity index (χ0) is 22.7. The van der Waals surface area contributed by atoms with Gasteiger partial charge in [0.1, 0.15) is 0 Å². The molecule has 2 amide bonds.